The lowest BCUT2D eigenvalue weighted by Gasteiger charge is -2.00. The molecule has 0 saturated heterocycles. The number of rotatable bonds is 3. The molecule has 8 heteroatoms. The zero-order chi connectivity index (χ0) is 12.4. The van der Waals surface area contributed by atoms with Crippen LogP contribution in [0.15, 0.2) is 29.0 Å². The monoisotopic (exact) mass is 243 g/mol. The molecule has 0 bridgehead atoms. The zero-order valence-electron chi connectivity index (χ0n) is 9.56. The van der Waals surface area contributed by atoms with Crippen molar-refractivity contribution in [1.82, 2.24) is 35.3 Å². The van der Waals surface area contributed by atoms with Crippen molar-refractivity contribution in [3.05, 3.63) is 36.2 Å². The van der Waals surface area contributed by atoms with Crippen LogP contribution in [-0.4, -0.2) is 35.3 Å². The minimum Gasteiger partial charge on any atom is -0.340 e. The van der Waals surface area contributed by atoms with Crippen molar-refractivity contribution in [2.45, 2.75) is 13.5 Å². The van der Waals surface area contributed by atoms with Crippen LogP contribution < -0.4 is 0 Å². The van der Waals surface area contributed by atoms with Crippen LogP contribution in [0, 0.1) is 6.92 Å². The van der Waals surface area contributed by atoms with Gasteiger partial charge in [-0.25, -0.2) is 4.68 Å². The molecule has 0 amide bonds. The van der Waals surface area contributed by atoms with E-state index in [0.717, 1.165) is 5.56 Å². The van der Waals surface area contributed by atoms with Crippen LogP contribution in [0.5, 0.6) is 0 Å². The molecule has 3 aromatic rings. The lowest BCUT2D eigenvalue weighted by Crippen LogP contribution is -2.05. The molecule has 0 aliphatic carbocycles. The van der Waals surface area contributed by atoms with Crippen molar-refractivity contribution in [3.63, 3.8) is 0 Å². The molecule has 0 aliphatic rings. The Hall–Kier alpha value is -2.64. The van der Waals surface area contributed by atoms with Crippen molar-refractivity contribution in [3.8, 4) is 11.4 Å². The lowest BCUT2D eigenvalue weighted by molar-refractivity contribution is 0.385. The third kappa shape index (κ3) is 1.95. The molecular weight excluding hydrogens is 234 g/mol. The van der Waals surface area contributed by atoms with E-state index in [1.807, 2.05) is 12.1 Å². The summed E-state index contributed by atoms with van der Waals surface area (Å²) in [6, 6.07) is 3.67. The molecule has 0 radical (unpaired) electrons. The Morgan fingerprint density at radius 3 is 2.83 bits per heavy atom. The molecule has 0 unspecified atom stereocenters. The number of aromatic nitrogens is 7. The number of nitrogens with zero attached hydrogens (tertiary/aromatic N) is 7. The van der Waals surface area contributed by atoms with Crippen molar-refractivity contribution in [1.29, 1.82) is 0 Å². The summed E-state index contributed by atoms with van der Waals surface area (Å²) in [5, 5.41) is 15.4. The van der Waals surface area contributed by atoms with E-state index in [2.05, 4.69) is 30.7 Å². The van der Waals surface area contributed by atoms with Gasteiger partial charge in [0.15, 0.2) is 11.6 Å². The smallest absolute Gasteiger partial charge is 0.223 e. The van der Waals surface area contributed by atoms with E-state index in [0.29, 0.717) is 24.1 Å². The van der Waals surface area contributed by atoms with E-state index >= 15 is 0 Å². The topological polar surface area (TPSA) is 95.4 Å². The van der Waals surface area contributed by atoms with Gasteiger partial charge in [-0.1, -0.05) is 5.16 Å². The molecule has 0 aliphatic heterocycles. The largest absolute Gasteiger partial charge is 0.340 e. The van der Waals surface area contributed by atoms with Crippen LogP contribution in [0.2, 0.25) is 0 Å². The Morgan fingerprint density at radius 2 is 2.11 bits per heavy atom. The van der Waals surface area contributed by atoms with Crippen LogP contribution >= 0.6 is 0 Å². The van der Waals surface area contributed by atoms with Gasteiger partial charge >= 0.3 is 0 Å². The molecule has 0 aromatic carbocycles. The minimum atomic E-state index is 0.363. The summed E-state index contributed by atoms with van der Waals surface area (Å²) in [6.45, 7) is 2.10. The Labute approximate surface area is 102 Å². The van der Waals surface area contributed by atoms with Crippen LogP contribution in [0.25, 0.3) is 11.4 Å². The first-order chi connectivity index (χ1) is 8.83. The second-order valence-corrected chi connectivity index (χ2v) is 3.63. The first-order valence-corrected chi connectivity index (χ1v) is 5.28. The Balaban J connectivity index is 1.93. The predicted octanol–water partition coefficient (Wildman–Crippen LogP) is 0.475. The number of pyridine rings is 1. The molecule has 0 fully saturated rings. The molecule has 3 heterocycles. The normalized spacial score (nSPS) is 10.7. The van der Waals surface area contributed by atoms with Crippen LogP contribution in [-0.2, 0) is 6.54 Å². The second-order valence-electron chi connectivity index (χ2n) is 3.63. The van der Waals surface area contributed by atoms with Gasteiger partial charge in [-0.05, 0) is 22.6 Å². The molecule has 0 spiro atoms. The highest BCUT2D eigenvalue weighted by atomic mass is 16.5. The van der Waals surface area contributed by atoms with E-state index in [4.69, 9.17) is 4.52 Å². The summed E-state index contributed by atoms with van der Waals surface area (Å²) >= 11 is 0. The summed E-state index contributed by atoms with van der Waals surface area (Å²) in [7, 11) is 0. The average molecular weight is 243 g/mol. The highest BCUT2D eigenvalue weighted by molar-refractivity contribution is 5.52. The first kappa shape index (κ1) is 10.5. The average Bonchev–Trinajstić information content (AvgIpc) is 3.00. The molecular formula is C10H9N7O. The van der Waals surface area contributed by atoms with Crippen molar-refractivity contribution in [2.24, 2.45) is 0 Å². The van der Waals surface area contributed by atoms with Crippen molar-refractivity contribution >= 4 is 0 Å². The van der Waals surface area contributed by atoms with Crippen LogP contribution in [0.3, 0.4) is 0 Å². The third-order valence-electron chi connectivity index (χ3n) is 2.33. The fraction of sp³-hybridized carbons (Fsp3) is 0.200. The number of hydrogen-bond acceptors (Lipinski definition) is 7. The molecule has 90 valence electrons. The SMILES string of the molecule is Cc1nc(Cn2nnnc2-c2ccncc2)no1. The molecule has 3 aromatic heterocycles. The standard InChI is InChI=1S/C10H9N7O/c1-7-12-9(14-18-7)6-17-10(13-15-16-17)8-2-4-11-5-3-8/h2-5H,6H2,1H3. The van der Waals surface area contributed by atoms with Gasteiger partial charge in [0.2, 0.25) is 5.89 Å². The Bertz CT molecular complexity index is 645. The fourth-order valence-electron chi connectivity index (χ4n) is 1.56. The van der Waals surface area contributed by atoms with Gasteiger partial charge in [0.05, 0.1) is 0 Å². The third-order valence-corrected chi connectivity index (χ3v) is 2.33. The summed E-state index contributed by atoms with van der Waals surface area (Å²) < 4.78 is 6.52. The van der Waals surface area contributed by atoms with Gasteiger partial charge in [0.1, 0.15) is 6.54 Å². The van der Waals surface area contributed by atoms with Crippen molar-refractivity contribution < 1.29 is 4.52 Å². The summed E-state index contributed by atoms with van der Waals surface area (Å²) in [6.07, 6.45) is 3.37. The summed E-state index contributed by atoms with van der Waals surface area (Å²) in [5.74, 6) is 1.69. The van der Waals surface area contributed by atoms with E-state index in [9.17, 15) is 0 Å². The second kappa shape index (κ2) is 4.32. The molecule has 3 rings (SSSR count). The summed E-state index contributed by atoms with van der Waals surface area (Å²) in [5.41, 5.74) is 0.884. The maximum Gasteiger partial charge on any atom is 0.223 e. The molecule has 0 saturated carbocycles. The maximum atomic E-state index is 4.91. The quantitative estimate of drug-likeness (QED) is 0.659. The lowest BCUT2D eigenvalue weighted by atomic mass is 10.2. The van der Waals surface area contributed by atoms with E-state index < -0.39 is 0 Å². The van der Waals surface area contributed by atoms with Gasteiger partial charge < -0.3 is 4.52 Å². The Kier molecular flexibility index (Phi) is 2.52. The predicted molar refractivity (Wildman–Crippen MR) is 59.2 cm³/mol. The molecule has 18 heavy (non-hydrogen) atoms. The van der Waals surface area contributed by atoms with Gasteiger partial charge in [-0.15, -0.1) is 5.10 Å². The van der Waals surface area contributed by atoms with E-state index in [1.54, 1.807) is 24.0 Å². The van der Waals surface area contributed by atoms with Gasteiger partial charge in [0, 0.05) is 24.9 Å². The molecule has 0 atom stereocenters. The van der Waals surface area contributed by atoms with E-state index in [1.165, 1.54) is 0 Å². The Morgan fingerprint density at radius 1 is 1.28 bits per heavy atom. The molecule has 0 N–H and O–H groups in total. The minimum absolute atomic E-state index is 0.363. The van der Waals surface area contributed by atoms with Gasteiger partial charge in [-0.3, -0.25) is 4.98 Å². The van der Waals surface area contributed by atoms with Gasteiger partial charge in [0.25, 0.3) is 0 Å². The molecule has 8 nitrogen and oxygen atoms in total. The van der Waals surface area contributed by atoms with Crippen molar-refractivity contribution in [2.75, 3.05) is 0 Å². The highest BCUT2D eigenvalue weighted by Crippen LogP contribution is 2.14. The number of hydrogen-bond donors (Lipinski definition) is 0. The zero-order valence-corrected chi connectivity index (χ0v) is 9.56. The first-order valence-electron chi connectivity index (χ1n) is 5.28. The number of tetrazole rings is 1. The summed E-state index contributed by atoms with van der Waals surface area (Å²) in [4.78, 5) is 8.07. The highest BCUT2D eigenvalue weighted by Gasteiger charge is 2.11. The maximum absolute atomic E-state index is 4.91. The van der Waals surface area contributed by atoms with E-state index in [-0.39, 0.29) is 0 Å². The van der Waals surface area contributed by atoms with Crippen LogP contribution in [0.4, 0.5) is 0 Å². The number of aryl methyl sites for hydroxylation is 1. The van der Waals surface area contributed by atoms with Gasteiger partial charge in [-0.2, -0.15) is 4.98 Å². The van der Waals surface area contributed by atoms with Crippen LogP contribution in [0.1, 0.15) is 11.7 Å². The fourth-order valence-corrected chi connectivity index (χ4v) is 1.56.